The summed E-state index contributed by atoms with van der Waals surface area (Å²) >= 11 is 0. The van der Waals surface area contributed by atoms with Gasteiger partial charge >= 0.3 is 0 Å². The smallest absolute Gasteiger partial charge is 0.123 e. The van der Waals surface area contributed by atoms with Crippen molar-refractivity contribution in [1.82, 2.24) is 9.78 Å². The van der Waals surface area contributed by atoms with Gasteiger partial charge in [0.2, 0.25) is 0 Å². The van der Waals surface area contributed by atoms with Crippen molar-refractivity contribution in [3.63, 3.8) is 0 Å². The predicted octanol–water partition coefficient (Wildman–Crippen LogP) is 3.62. The van der Waals surface area contributed by atoms with Crippen molar-refractivity contribution in [3.05, 3.63) is 60.3 Å². The lowest BCUT2D eigenvalue weighted by molar-refractivity contribution is 0.394. The number of benzene rings is 2. The summed E-state index contributed by atoms with van der Waals surface area (Å²) in [6.07, 6.45) is 1.96. The molecule has 0 radical (unpaired) electrons. The molecule has 3 aromatic rings. The quantitative estimate of drug-likeness (QED) is 0.695. The standard InChI is InChI=1S/C19H20N2O3/c1-22-16-6-4-14(5-7-16)13-21-9-8-19(20-21)15-10-17(23-2)12-18(11-15)24-3/h4-12H,13H2,1-3H3. The third-order valence-electron chi connectivity index (χ3n) is 3.79. The fourth-order valence-electron chi connectivity index (χ4n) is 2.48. The van der Waals surface area contributed by atoms with E-state index in [1.807, 2.05) is 59.4 Å². The van der Waals surface area contributed by atoms with Crippen LogP contribution in [-0.4, -0.2) is 31.1 Å². The van der Waals surface area contributed by atoms with Crippen LogP contribution in [0.1, 0.15) is 5.56 Å². The Morgan fingerprint density at radius 1 is 0.792 bits per heavy atom. The second-order valence-corrected chi connectivity index (χ2v) is 5.35. The van der Waals surface area contributed by atoms with Crippen LogP contribution in [0.2, 0.25) is 0 Å². The average Bonchev–Trinajstić information content (AvgIpc) is 3.10. The SMILES string of the molecule is COc1ccc(Cn2ccc(-c3cc(OC)cc(OC)c3)n2)cc1. The molecule has 0 aliphatic carbocycles. The molecule has 0 atom stereocenters. The summed E-state index contributed by atoms with van der Waals surface area (Å²) in [5.74, 6) is 2.34. The molecule has 0 saturated carbocycles. The molecule has 3 rings (SSSR count). The molecule has 0 aliphatic heterocycles. The van der Waals surface area contributed by atoms with Crippen LogP contribution in [0.5, 0.6) is 17.2 Å². The number of hydrogen-bond donors (Lipinski definition) is 0. The van der Waals surface area contributed by atoms with Crippen molar-refractivity contribution in [2.45, 2.75) is 6.54 Å². The van der Waals surface area contributed by atoms with E-state index >= 15 is 0 Å². The van der Waals surface area contributed by atoms with Gasteiger partial charge in [0.15, 0.2) is 0 Å². The van der Waals surface area contributed by atoms with Crippen LogP contribution in [-0.2, 0) is 6.54 Å². The van der Waals surface area contributed by atoms with E-state index in [2.05, 4.69) is 5.10 Å². The van der Waals surface area contributed by atoms with E-state index in [4.69, 9.17) is 14.2 Å². The summed E-state index contributed by atoms with van der Waals surface area (Å²) in [7, 11) is 4.94. The van der Waals surface area contributed by atoms with Gasteiger partial charge in [-0.1, -0.05) is 12.1 Å². The molecule has 0 fully saturated rings. The number of nitrogens with zero attached hydrogens (tertiary/aromatic N) is 2. The molecule has 5 heteroatoms. The maximum absolute atomic E-state index is 5.32. The topological polar surface area (TPSA) is 45.5 Å². The molecular formula is C19H20N2O3. The highest BCUT2D eigenvalue weighted by Gasteiger charge is 2.07. The van der Waals surface area contributed by atoms with E-state index in [-0.39, 0.29) is 0 Å². The highest BCUT2D eigenvalue weighted by Crippen LogP contribution is 2.28. The maximum Gasteiger partial charge on any atom is 0.123 e. The number of methoxy groups -OCH3 is 3. The summed E-state index contributed by atoms with van der Waals surface area (Å²) in [6.45, 7) is 0.700. The van der Waals surface area contributed by atoms with E-state index in [1.54, 1.807) is 21.3 Å². The first kappa shape index (κ1) is 15.9. The van der Waals surface area contributed by atoms with Crippen LogP contribution < -0.4 is 14.2 Å². The van der Waals surface area contributed by atoms with Gasteiger partial charge in [-0.25, -0.2) is 0 Å². The van der Waals surface area contributed by atoms with Crippen LogP contribution in [0.15, 0.2) is 54.7 Å². The van der Waals surface area contributed by atoms with Gasteiger partial charge in [0, 0.05) is 17.8 Å². The summed E-state index contributed by atoms with van der Waals surface area (Å²) < 4.78 is 17.7. The van der Waals surface area contributed by atoms with E-state index in [9.17, 15) is 0 Å². The maximum atomic E-state index is 5.32. The largest absolute Gasteiger partial charge is 0.497 e. The monoisotopic (exact) mass is 324 g/mol. The lowest BCUT2D eigenvalue weighted by atomic mass is 10.1. The molecule has 0 spiro atoms. The second kappa shape index (κ2) is 7.08. The molecule has 0 amide bonds. The Labute approximate surface area is 141 Å². The molecule has 124 valence electrons. The molecule has 0 N–H and O–H groups in total. The van der Waals surface area contributed by atoms with Crippen LogP contribution in [0.3, 0.4) is 0 Å². The zero-order valence-corrected chi connectivity index (χ0v) is 14.0. The Bertz CT molecular complexity index is 787. The first-order valence-electron chi connectivity index (χ1n) is 7.61. The Balaban J connectivity index is 1.82. The summed E-state index contributed by atoms with van der Waals surface area (Å²) in [5.41, 5.74) is 2.99. The Morgan fingerprint density at radius 3 is 2.00 bits per heavy atom. The third kappa shape index (κ3) is 3.51. The van der Waals surface area contributed by atoms with E-state index in [0.717, 1.165) is 34.1 Å². The summed E-state index contributed by atoms with van der Waals surface area (Å²) in [6, 6.07) is 15.7. The number of rotatable bonds is 6. The molecule has 0 saturated heterocycles. The van der Waals surface area contributed by atoms with Crippen LogP contribution >= 0.6 is 0 Å². The lowest BCUT2D eigenvalue weighted by Crippen LogP contribution is -2.00. The predicted molar refractivity (Wildman–Crippen MR) is 92.9 cm³/mol. The minimum absolute atomic E-state index is 0.700. The molecule has 0 unspecified atom stereocenters. The molecule has 1 aromatic heterocycles. The average molecular weight is 324 g/mol. The Hall–Kier alpha value is -2.95. The first-order chi connectivity index (χ1) is 11.7. The zero-order valence-electron chi connectivity index (χ0n) is 14.0. The number of aromatic nitrogens is 2. The minimum Gasteiger partial charge on any atom is -0.497 e. The molecule has 2 aromatic carbocycles. The van der Waals surface area contributed by atoms with Crippen molar-refractivity contribution in [3.8, 4) is 28.5 Å². The van der Waals surface area contributed by atoms with Crippen molar-refractivity contribution in [1.29, 1.82) is 0 Å². The van der Waals surface area contributed by atoms with Gasteiger partial charge < -0.3 is 14.2 Å². The van der Waals surface area contributed by atoms with Crippen LogP contribution in [0.4, 0.5) is 0 Å². The van der Waals surface area contributed by atoms with E-state index in [0.29, 0.717) is 6.54 Å². The molecule has 0 aliphatic rings. The summed E-state index contributed by atoms with van der Waals surface area (Å²) in [4.78, 5) is 0. The number of ether oxygens (including phenoxy) is 3. The molecule has 5 nitrogen and oxygen atoms in total. The fourth-order valence-corrected chi connectivity index (χ4v) is 2.48. The minimum atomic E-state index is 0.700. The van der Waals surface area contributed by atoms with E-state index < -0.39 is 0 Å². The highest BCUT2D eigenvalue weighted by molar-refractivity contribution is 5.63. The van der Waals surface area contributed by atoms with Gasteiger partial charge in [-0.2, -0.15) is 5.10 Å². The lowest BCUT2D eigenvalue weighted by Gasteiger charge is -2.07. The highest BCUT2D eigenvalue weighted by atomic mass is 16.5. The van der Waals surface area contributed by atoms with Gasteiger partial charge in [-0.3, -0.25) is 4.68 Å². The van der Waals surface area contributed by atoms with Gasteiger partial charge in [-0.05, 0) is 35.9 Å². The normalized spacial score (nSPS) is 10.5. The molecule has 0 bridgehead atoms. The zero-order chi connectivity index (χ0) is 16.9. The first-order valence-corrected chi connectivity index (χ1v) is 7.61. The molecule has 1 heterocycles. The van der Waals surface area contributed by atoms with Crippen molar-refractivity contribution in [2.24, 2.45) is 0 Å². The van der Waals surface area contributed by atoms with Gasteiger partial charge in [-0.15, -0.1) is 0 Å². The summed E-state index contributed by atoms with van der Waals surface area (Å²) in [5, 5.41) is 4.64. The van der Waals surface area contributed by atoms with Gasteiger partial charge in [0.25, 0.3) is 0 Å². The number of hydrogen-bond acceptors (Lipinski definition) is 4. The fraction of sp³-hybridized carbons (Fsp3) is 0.211. The molecular weight excluding hydrogens is 304 g/mol. The van der Waals surface area contributed by atoms with Gasteiger partial charge in [0.05, 0.1) is 33.6 Å². The Morgan fingerprint density at radius 2 is 1.42 bits per heavy atom. The third-order valence-corrected chi connectivity index (χ3v) is 3.79. The molecule has 24 heavy (non-hydrogen) atoms. The van der Waals surface area contributed by atoms with Gasteiger partial charge in [0.1, 0.15) is 17.2 Å². The Kier molecular flexibility index (Phi) is 4.70. The van der Waals surface area contributed by atoms with Crippen LogP contribution in [0.25, 0.3) is 11.3 Å². The second-order valence-electron chi connectivity index (χ2n) is 5.35. The van der Waals surface area contributed by atoms with Crippen molar-refractivity contribution in [2.75, 3.05) is 21.3 Å². The van der Waals surface area contributed by atoms with Crippen LogP contribution in [0, 0.1) is 0 Å². The van der Waals surface area contributed by atoms with Crippen molar-refractivity contribution >= 4 is 0 Å². The van der Waals surface area contributed by atoms with E-state index in [1.165, 1.54) is 0 Å². The van der Waals surface area contributed by atoms with Crippen molar-refractivity contribution < 1.29 is 14.2 Å².